The van der Waals surface area contributed by atoms with E-state index in [0.29, 0.717) is 0 Å². The molecule has 0 saturated carbocycles. The second-order valence-corrected chi connectivity index (χ2v) is 2.16. The number of aromatic carboxylic acids is 1. The Morgan fingerprint density at radius 2 is 2.27 bits per heavy atom. The number of nitrogens with zero attached hydrogens (tertiary/aromatic N) is 1. The number of carboxylic acid groups (broad SMARTS) is 1. The highest BCUT2D eigenvalue weighted by Crippen LogP contribution is 2.09. The molecule has 0 atom stereocenters. The van der Waals surface area contributed by atoms with E-state index in [1.165, 1.54) is 6.07 Å². The normalized spacial score (nSPS) is 9.64. The van der Waals surface area contributed by atoms with Crippen molar-refractivity contribution in [3.05, 3.63) is 28.8 Å². The largest absolute Gasteiger partial charge is 0.478 e. The van der Waals surface area contributed by atoms with Crippen LogP contribution in [-0.2, 0) is 0 Å². The summed E-state index contributed by atoms with van der Waals surface area (Å²) in [6.45, 7) is 0. The maximum absolute atomic E-state index is 12.5. The minimum absolute atomic E-state index is 0.0625. The number of pyridine rings is 1. The fraction of sp³-hybridized carbons (Fsp3) is 0. The molecule has 0 amide bonds. The molecule has 0 radical (unpaired) electrons. The summed E-state index contributed by atoms with van der Waals surface area (Å²) in [6.07, 6.45) is 0. The van der Waals surface area contributed by atoms with Gasteiger partial charge >= 0.3 is 5.97 Å². The summed E-state index contributed by atoms with van der Waals surface area (Å²) in [4.78, 5) is 13.3. The highest BCUT2D eigenvalue weighted by Gasteiger charge is 2.10. The first-order chi connectivity index (χ1) is 5.11. The minimum atomic E-state index is -1.35. The van der Waals surface area contributed by atoms with Crippen molar-refractivity contribution in [1.82, 2.24) is 4.98 Å². The zero-order chi connectivity index (χ0) is 8.43. The summed E-state index contributed by atoms with van der Waals surface area (Å²) >= 11 is 5.28. The van der Waals surface area contributed by atoms with Crippen LogP contribution >= 0.6 is 11.6 Å². The Morgan fingerprint density at radius 3 is 2.73 bits per heavy atom. The van der Waals surface area contributed by atoms with Crippen molar-refractivity contribution < 1.29 is 14.3 Å². The molecule has 0 spiro atoms. The molecule has 0 aliphatic heterocycles. The van der Waals surface area contributed by atoms with Crippen LogP contribution in [0, 0.1) is 5.95 Å². The number of hydrogen-bond donors (Lipinski definition) is 1. The molecule has 1 heterocycles. The Balaban J connectivity index is 3.20. The van der Waals surface area contributed by atoms with Crippen LogP contribution < -0.4 is 0 Å². The first kappa shape index (κ1) is 7.94. The van der Waals surface area contributed by atoms with Crippen LogP contribution in [0.2, 0.25) is 5.15 Å². The van der Waals surface area contributed by atoms with Gasteiger partial charge in [0.2, 0.25) is 5.95 Å². The van der Waals surface area contributed by atoms with Gasteiger partial charge in [0.1, 0.15) is 10.7 Å². The zero-order valence-electron chi connectivity index (χ0n) is 5.21. The summed E-state index contributed by atoms with van der Waals surface area (Å²) in [5, 5.41) is 8.27. The molecule has 5 heteroatoms. The predicted octanol–water partition coefficient (Wildman–Crippen LogP) is 1.57. The lowest BCUT2D eigenvalue weighted by atomic mass is 10.3. The highest BCUT2D eigenvalue weighted by atomic mass is 35.5. The molecule has 1 aromatic rings. The topological polar surface area (TPSA) is 50.2 Å². The third kappa shape index (κ3) is 1.65. The van der Waals surface area contributed by atoms with Gasteiger partial charge in [-0.15, -0.1) is 0 Å². The molecule has 0 aromatic carbocycles. The predicted molar refractivity (Wildman–Crippen MR) is 36.2 cm³/mol. The summed E-state index contributed by atoms with van der Waals surface area (Å²) in [5.41, 5.74) is -0.477. The average Bonchev–Trinajstić information content (AvgIpc) is 1.85. The van der Waals surface area contributed by atoms with Crippen molar-refractivity contribution in [2.75, 3.05) is 0 Å². The number of halogens is 2. The van der Waals surface area contributed by atoms with Crippen LogP contribution in [0.3, 0.4) is 0 Å². The smallest absolute Gasteiger partial charge is 0.340 e. The molecule has 0 aliphatic rings. The quantitative estimate of drug-likeness (QED) is 0.660. The van der Waals surface area contributed by atoms with Gasteiger partial charge in [-0.25, -0.2) is 9.78 Å². The lowest BCUT2D eigenvalue weighted by Gasteiger charge is -1.94. The van der Waals surface area contributed by atoms with Gasteiger partial charge in [0.05, 0.1) is 0 Å². The van der Waals surface area contributed by atoms with E-state index in [0.717, 1.165) is 6.07 Å². The van der Waals surface area contributed by atoms with Crippen LogP contribution in [0.25, 0.3) is 0 Å². The van der Waals surface area contributed by atoms with E-state index >= 15 is 0 Å². The van der Waals surface area contributed by atoms with E-state index in [-0.39, 0.29) is 5.15 Å². The third-order valence-corrected chi connectivity index (χ3v) is 1.26. The van der Waals surface area contributed by atoms with E-state index in [1.807, 2.05) is 0 Å². The molecule has 58 valence electrons. The molecule has 0 aliphatic carbocycles. The first-order valence-electron chi connectivity index (χ1n) is 2.66. The van der Waals surface area contributed by atoms with Gasteiger partial charge in [-0.05, 0) is 12.1 Å². The summed E-state index contributed by atoms with van der Waals surface area (Å²) < 4.78 is 12.5. The van der Waals surface area contributed by atoms with Gasteiger partial charge in [0, 0.05) is 0 Å². The molecule has 0 unspecified atom stereocenters. The molecule has 11 heavy (non-hydrogen) atoms. The Labute approximate surface area is 66.4 Å². The Bertz CT molecular complexity index is 303. The highest BCUT2D eigenvalue weighted by molar-refractivity contribution is 6.29. The lowest BCUT2D eigenvalue weighted by Crippen LogP contribution is -2.01. The molecule has 1 aromatic heterocycles. The van der Waals surface area contributed by atoms with Crippen molar-refractivity contribution in [1.29, 1.82) is 0 Å². The summed E-state index contributed by atoms with van der Waals surface area (Å²) in [5.74, 6) is -2.42. The van der Waals surface area contributed by atoms with Gasteiger partial charge in [0.25, 0.3) is 0 Å². The first-order valence-corrected chi connectivity index (χ1v) is 3.04. The van der Waals surface area contributed by atoms with Crippen molar-refractivity contribution in [2.24, 2.45) is 0 Å². The number of aromatic nitrogens is 1. The fourth-order valence-electron chi connectivity index (χ4n) is 0.572. The second-order valence-electron chi connectivity index (χ2n) is 1.78. The van der Waals surface area contributed by atoms with Crippen LogP contribution in [-0.4, -0.2) is 16.1 Å². The number of hydrogen-bond acceptors (Lipinski definition) is 2. The van der Waals surface area contributed by atoms with E-state index in [2.05, 4.69) is 4.98 Å². The minimum Gasteiger partial charge on any atom is -0.478 e. The van der Waals surface area contributed by atoms with Gasteiger partial charge in [-0.3, -0.25) is 0 Å². The third-order valence-electron chi connectivity index (χ3n) is 1.05. The average molecular weight is 176 g/mol. The van der Waals surface area contributed by atoms with Gasteiger partial charge in [-0.2, -0.15) is 4.39 Å². The van der Waals surface area contributed by atoms with E-state index in [1.54, 1.807) is 0 Å². The molecule has 0 saturated heterocycles. The van der Waals surface area contributed by atoms with E-state index < -0.39 is 17.5 Å². The van der Waals surface area contributed by atoms with Crippen LogP contribution in [0.1, 0.15) is 10.4 Å². The molecule has 1 rings (SSSR count). The van der Waals surface area contributed by atoms with Crippen molar-refractivity contribution in [2.45, 2.75) is 0 Å². The molecule has 1 N–H and O–H groups in total. The molecule has 0 bridgehead atoms. The van der Waals surface area contributed by atoms with Gasteiger partial charge in [-0.1, -0.05) is 11.6 Å². The number of carboxylic acids is 1. The molecule has 3 nitrogen and oxygen atoms in total. The molecular weight excluding hydrogens is 173 g/mol. The Hall–Kier alpha value is -1.16. The molecular formula is C6H3ClFNO2. The van der Waals surface area contributed by atoms with Gasteiger partial charge < -0.3 is 5.11 Å². The van der Waals surface area contributed by atoms with Crippen LogP contribution in [0.4, 0.5) is 4.39 Å². The number of rotatable bonds is 1. The monoisotopic (exact) mass is 175 g/mol. The summed E-state index contributed by atoms with van der Waals surface area (Å²) in [7, 11) is 0. The number of carbonyl (C=O) groups is 1. The van der Waals surface area contributed by atoms with Crippen LogP contribution in [0.15, 0.2) is 12.1 Å². The Morgan fingerprint density at radius 1 is 1.64 bits per heavy atom. The second kappa shape index (κ2) is 2.84. The van der Waals surface area contributed by atoms with Gasteiger partial charge in [0.15, 0.2) is 0 Å². The van der Waals surface area contributed by atoms with E-state index in [4.69, 9.17) is 16.7 Å². The van der Waals surface area contributed by atoms with Crippen molar-refractivity contribution >= 4 is 17.6 Å². The maximum Gasteiger partial charge on any atom is 0.340 e. The molecule has 0 fully saturated rings. The summed E-state index contributed by atoms with van der Waals surface area (Å²) in [6, 6.07) is 2.28. The van der Waals surface area contributed by atoms with E-state index in [9.17, 15) is 9.18 Å². The standard InChI is InChI=1S/C6H3ClFNO2/c7-4-2-1-3(6(10)11)5(8)9-4/h1-2H,(H,10,11). The zero-order valence-corrected chi connectivity index (χ0v) is 5.97. The lowest BCUT2D eigenvalue weighted by molar-refractivity contribution is 0.0691. The SMILES string of the molecule is O=C(O)c1ccc(Cl)nc1F. The van der Waals surface area contributed by atoms with Crippen molar-refractivity contribution in [3.63, 3.8) is 0 Å². The van der Waals surface area contributed by atoms with Crippen molar-refractivity contribution in [3.8, 4) is 0 Å². The Kier molecular flexibility index (Phi) is 2.05. The van der Waals surface area contributed by atoms with Crippen LogP contribution in [0.5, 0.6) is 0 Å². The fourth-order valence-corrected chi connectivity index (χ4v) is 0.709. The maximum atomic E-state index is 12.5.